The van der Waals surface area contributed by atoms with Crippen LogP contribution in [0.2, 0.25) is 0 Å². The fraction of sp³-hybridized carbons (Fsp3) is 0.458. The molecule has 0 aliphatic carbocycles. The van der Waals surface area contributed by atoms with Gasteiger partial charge in [0, 0.05) is 56.6 Å². The maximum Gasteiger partial charge on any atom is 0.191 e. The molecule has 1 heterocycles. The molecule has 0 radical (unpaired) electrons. The third-order valence-electron chi connectivity index (χ3n) is 5.58. The van der Waals surface area contributed by atoms with E-state index in [2.05, 4.69) is 39.6 Å². The number of hydrogen-bond acceptors (Lipinski definition) is 5. The number of nitrogens with zero attached hydrogens (tertiary/aromatic N) is 2. The van der Waals surface area contributed by atoms with Crippen molar-refractivity contribution >= 4 is 11.6 Å². The van der Waals surface area contributed by atoms with Crippen molar-refractivity contribution < 1.29 is 14.2 Å². The Kier molecular flexibility index (Phi) is 7.87. The smallest absolute Gasteiger partial charge is 0.191 e. The highest BCUT2D eigenvalue weighted by molar-refractivity contribution is 5.80. The Labute approximate surface area is 185 Å². The SMILES string of the molecule is CN=C(NCCc1cc(C)ccc1OC)NC1CCN(c2cc(OC)cc(OC)c2)C1. The van der Waals surface area contributed by atoms with E-state index >= 15 is 0 Å². The number of guanidine groups is 1. The van der Waals surface area contributed by atoms with Crippen molar-refractivity contribution in [3.63, 3.8) is 0 Å². The quantitative estimate of drug-likeness (QED) is 0.500. The Morgan fingerprint density at radius 2 is 1.81 bits per heavy atom. The van der Waals surface area contributed by atoms with Gasteiger partial charge in [-0.05, 0) is 31.4 Å². The lowest BCUT2D eigenvalue weighted by Crippen LogP contribution is -2.45. The van der Waals surface area contributed by atoms with Gasteiger partial charge in [0.1, 0.15) is 17.2 Å². The fourth-order valence-corrected chi connectivity index (χ4v) is 3.89. The number of rotatable bonds is 8. The zero-order chi connectivity index (χ0) is 22.2. The van der Waals surface area contributed by atoms with Gasteiger partial charge >= 0.3 is 0 Å². The number of nitrogens with one attached hydrogen (secondary N) is 2. The van der Waals surface area contributed by atoms with E-state index in [1.807, 2.05) is 31.3 Å². The molecule has 0 saturated carbocycles. The van der Waals surface area contributed by atoms with Crippen LogP contribution in [0.1, 0.15) is 17.5 Å². The maximum absolute atomic E-state index is 5.48. The number of anilines is 1. The van der Waals surface area contributed by atoms with Crippen molar-refractivity contribution in [3.8, 4) is 17.2 Å². The number of benzene rings is 2. The summed E-state index contributed by atoms with van der Waals surface area (Å²) in [5.74, 6) is 3.35. The summed E-state index contributed by atoms with van der Waals surface area (Å²) in [5.41, 5.74) is 3.54. The molecule has 2 aromatic carbocycles. The second-order valence-corrected chi connectivity index (χ2v) is 7.71. The normalized spacial score (nSPS) is 16.2. The number of methoxy groups -OCH3 is 3. The largest absolute Gasteiger partial charge is 0.497 e. The van der Waals surface area contributed by atoms with Gasteiger partial charge in [-0.1, -0.05) is 17.7 Å². The molecule has 2 aromatic rings. The number of hydrogen-bond donors (Lipinski definition) is 2. The molecule has 1 fully saturated rings. The van der Waals surface area contributed by atoms with E-state index in [9.17, 15) is 0 Å². The van der Waals surface area contributed by atoms with Gasteiger partial charge < -0.3 is 29.7 Å². The monoisotopic (exact) mass is 426 g/mol. The van der Waals surface area contributed by atoms with Gasteiger partial charge in [0.25, 0.3) is 0 Å². The molecular weight excluding hydrogens is 392 g/mol. The number of ether oxygens (including phenoxy) is 3. The van der Waals surface area contributed by atoms with Gasteiger partial charge in [0.05, 0.1) is 21.3 Å². The Bertz CT molecular complexity index is 878. The summed E-state index contributed by atoms with van der Waals surface area (Å²) in [6.45, 7) is 4.73. The first-order chi connectivity index (χ1) is 15.1. The zero-order valence-corrected chi connectivity index (χ0v) is 19.2. The van der Waals surface area contributed by atoms with Gasteiger partial charge in [-0.2, -0.15) is 0 Å². The average Bonchev–Trinajstić information content (AvgIpc) is 3.26. The molecule has 168 valence electrons. The van der Waals surface area contributed by atoms with E-state index < -0.39 is 0 Å². The molecule has 2 N–H and O–H groups in total. The van der Waals surface area contributed by atoms with E-state index in [-0.39, 0.29) is 0 Å². The standard InChI is InChI=1S/C24H34N4O3/c1-17-6-7-23(31-5)18(12-17)8-10-26-24(25-2)27-19-9-11-28(16-19)20-13-21(29-3)15-22(14-20)30-4/h6-7,12-15,19H,8-11,16H2,1-5H3,(H2,25,26,27). The van der Waals surface area contributed by atoms with Crippen LogP contribution in [0.5, 0.6) is 17.2 Å². The van der Waals surface area contributed by atoms with E-state index in [0.717, 1.165) is 61.4 Å². The lowest BCUT2D eigenvalue weighted by atomic mass is 10.1. The summed E-state index contributed by atoms with van der Waals surface area (Å²) in [6, 6.07) is 12.6. The minimum atomic E-state index is 0.317. The van der Waals surface area contributed by atoms with Gasteiger partial charge in [0.15, 0.2) is 5.96 Å². The minimum absolute atomic E-state index is 0.317. The highest BCUT2D eigenvalue weighted by Crippen LogP contribution is 2.30. The molecule has 1 saturated heterocycles. The first kappa shape index (κ1) is 22.6. The van der Waals surface area contributed by atoms with Crippen molar-refractivity contribution in [2.45, 2.75) is 25.8 Å². The maximum atomic E-state index is 5.48. The first-order valence-corrected chi connectivity index (χ1v) is 10.6. The fourth-order valence-electron chi connectivity index (χ4n) is 3.89. The molecule has 0 bridgehead atoms. The predicted octanol–water partition coefficient (Wildman–Crippen LogP) is 3.01. The van der Waals surface area contributed by atoms with Crippen molar-refractivity contribution in [1.82, 2.24) is 10.6 Å². The molecule has 7 heteroatoms. The second kappa shape index (κ2) is 10.8. The summed E-state index contributed by atoms with van der Waals surface area (Å²) in [7, 11) is 6.87. The lowest BCUT2D eigenvalue weighted by molar-refractivity contribution is 0.394. The van der Waals surface area contributed by atoms with Crippen LogP contribution >= 0.6 is 0 Å². The van der Waals surface area contributed by atoms with Crippen LogP contribution in [0.3, 0.4) is 0 Å². The number of aryl methyl sites for hydroxylation is 1. The molecule has 7 nitrogen and oxygen atoms in total. The third-order valence-corrected chi connectivity index (χ3v) is 5.58. The summed E-state index contributed by atoms with van der Waals surface area (Å²) >= 11 is 0. The molecule has 1 atom stereocenters. The number of aliphatic imine (C=N–C) groups is 1. The molecular formula is C24H34N4O3. The van der Waals surface area contributed by atoms with E-state index in [1.54, 1.807) is 21.3 Å². The molecule has 0 aromatic heterocycles. The Morgan fingerprint density at radius 1 is 1.06 bits per heavy atom. The van der Waals surface area contributed by atoms with Crippen LogP contribution in [-0.4, -0.2) is 60.0 Å². The second-order valence-electron chi connectivity index (χ2n) is 7.71. The van der Waals surface area contributed by atoms with E-state index in [1.165, 1.54) is 11.1 Å². The summed E-state index contributed by atoms with van der Waals surface area (Å²) in [5, 5.41) is 6.98. The Balaban J connectivity index is 1.53. The van der Waals surface area contributed by atoms with E-state index in [0.29, 0.717) is 6.04 Å². The van der Waals surface area contributed by atoms with Crippen molar-refractivity contribution in [3.05, 3.63) is 47.5 Å². The van der Waals surface area contributed by atoms with E-state index in [4.69, 9.17) is 14.2 Å². The van der Waals surface area contributed by atoms with Gasteiger partial charge in [0.2, 0.25) is 0 Å². The first-order valence-electron chi connectivity index (χ1n) is 10.6. The lowest BCUT2D eigenvalue weighted by Gasteiger charge is -2.21. The molecule has 1 aliphatic heterocycles. The highest BCUT2D eigenvalue weighted by atomic mass is 16.5. The van der Waals surface area contributed by atoms with Crippen LogP contribution in [0.15, 0.2) is 41.4 Å². The van der Waals surface area contributed by atoms with Crippen LogP contribution < -0.4 is 29.7 Å². The topological polar surface area (TPSA) is 67.4 Å². The zero-order valence-electron chi connectivity index (χ0n) is 19.2. The van der Waals surface area contributed by atoms with Crippen molar-refractivity contribution in [2.24, 2.45) is 4.99 Å². The van der Waals surface area contributed by atoms with Crippen molar-refractivity contribution in [1.29, 1.82) is 0 Å². The van der Waals surface area contributed by atoms with Crippen LogP contribution in [-0.2, 0) is 6.42 Å². The Morgan fingerprint density at radius 3 is 2.45 bits per heavy atom. The molecule has 1 unspecified atom stereocenters. The summed E-state index contributed by atoms with van der Waals surface area (Å²) < 4.78 is 16.3. The molecule has 0 spiro atoms. The van der Waals surface area contributed by atoms with Gasteiger partial charge in [-0.15, -0.1) is 0 Å². The Hall–Kier alpha value is -3.09. The highest BCUT2D eigenvalue weighted by Gasteiger charge is 2.24. The minimum Gasteiger partial charge on any atom is -0.497 e. The van der Waals surface area contributed by atoms with Crippen molar-refractivity contribution in [2.75, 3.05) is 52.9 Å². The van der Waals surface area contributed by atoms with Gasteiger partial charge in [-0.25, -0.2) is 0 Å². The summed E-state index contributed by atoms with van der Waals surface area (Å²) in [4.78, 5) is 6.74. The molecule has 3 rings (SSSR count). The third kappa shape index (κ3) is 5.96. The van der Waals surface area contributed by atoms with Crippen LogP contribution in [0, 0.1) is 6.92 Å². The van der Waals surface area contributed by atoms with Crippen LogP contribution in [0.4, 0.5) is 5.69 Å². The molecule has 1 aliphatic rings. The predicted molar refractivity (Wildman–Crippen MR) is 126 cm³/mol. The molecule has 0 amide bonds. The van der Waals surface area contributed by atoms with Crippen LogP contribution in [0.25, 0.3) is 0 Å². The van der Waals surface area contributed by atoms with Gasteiger partial charge in [-0.3, -0.25) is 4.99 Å². The summed E-state index contributed by atoms with van der Waals surface area (Å²) in [6.07, 6.45) is 1.90. The average molecular weight is 427 g/mol. The molecule has 31 heavy (non-hydrogen) atoms.